The average molecular weight is 264 g/mol. The third-order valence-corrected chi connectivity index (χ3v) is 4.11. The van der Waals surface area contributed by atoms with E-state index in [1.807, 2.05) is 17.8 Å². The third kappa shape index (κ3) is 2.90. The highest BCUT2D eigenvalue weighted by Crippen LogP contribution is 2.28. The van der Waals surface area contributed by atoms with Crippen LogP contribution in [-0.2, 0) is 0 Å². The summed E-state index contributed by atoms with van der Waals surface area (Å²) in [7, 11) is 0. The van der Waals surface area contributed by atoms with E-state index in [9.17, 15) is 10.1 Å². The van der Waals surface area contributed by atoms with Gasteiger partial charge in [-0.1, -0.05) is 0 Å². The Morgan fingerprint density at radius 3 is 3.17 bits per heavy atom. The lowest BCUT2D eigenvalue weighted by Crippen LogP contribution is -2.15. The molecule has 1 aromatic heterocycles. The number of hydrogen-bond donors (Lipinski definition) is 1. The van der Waals surface area contributed by atoms with Crippen LogP contribution < -0.4 is 5.32 Å². The van der Waals surface area contributed by atoms with Crippen LogP contribution in [0.2, 0.25) is 0 Å². The molecule has 1 aliphatic rings. The molecule has 1 aromatic rings. The van der Waals surface area contributed by atoms with Gasteiger partial charge < -0.3 is 5.32 Å². The molecular weight excluding hydrogens is 252 g/mol. The topological polar surface area (TPSA) is 91.8 Å². The van der Waals surface area contributed by atoms with Crippen molar-refractivity contribution in [1.29, 1.82) is 5.26 Å². The molecule has 6 nitrogen and oxygen atoms in total. The maximum atomic E-state index is 10.9. The third-order valence-electron chi connectivity index (χ3n) is 2.71. The quantitative estimate of drug-likeness (QED) is 0.661. The summed E-state index contributed by atoms with van der Waals surface area (Å²) in [5, 5.41) is 23.1. The summed E-state index contributed by atoms with van der Waals surface area (Å²) in [5.74, 6) is 1.39. The number of thioether (sulfide) groups is 1. The van der Waals surface area contributed by atoms with Crippen LogP contribution >= 0.6 is 11.8 Å². The Morgan fingerprint density at radius 1 is 1.72 bits per heavy atom. The Labute approximate surface area is 109 Å². The van der Waals surface area contributed by atoms with Gasteiger partial charge in [-0.05, 0) is 18.6 Å². The van der Waals surface area contributed by atoms with Crippen LogP contribution in [0.25, 0.3) is 0 Å². The van der Waals surface area contributed by atoms with E-state index in [0.717, 1.165) is 12.2 Å². The number of nitrogens with zero attached hydrogens (tertiary/aromatic N) is 3. The Hall–Kier alpha value is -1.81. The normalized spacial score (nSPS) is 18.3. The zero-order valence-corrected chi connectivity index (χ0v) is 10.4. The molecule has 18 heavy (non-hydrogen) atoms. The number of hydrogen-bond acceptors (Lipinski definition) is 6. The van der Waals surface area contributed by atoms with E-state index >= 15 is 0 Å². The largest absolute Gasteiger partial charge is 0.363 e. The summed E-state index contributed by atoms with van der Waals surface area (Å²) in [6.07, 6.45) is 3.67. The molecule has 1 atom stereocenters. The molecule has 0 aliphatic carbocycles. The standard InChI is InChI=1S/C11H12N4O2S/c12-5-8-4-10(15(16)17)11(13-6-8)14-7-9-2-1-3-18-9/h4,6,9H,1-3,7H2,(H,13,14). The lowest BCUT2D eigenvalue weighted by molar-refractivity contribution is -0.384. The van der Waals surface area contributed by atoms with Crippen LogP contribution in [0.3, 0.4) is 0 Å². The van der Waals surface area contributed by atoms with Crippen molar-refractivity contribution in [1.82, 2.24) is 4.98 Å². The summed E-state index contributed by atoms with van der Waals surface area (Å²) in [4.78, 5) is 14.3. The first kappa shape index (κ1) is 12.6. The number of rotatable bonds is 4. The highest BCUT2D eigenvalue weighted by molar-refractivity contribution is 8.00. The molecule has 1 saturated heterocycles. The summed E-state index contributed by atoms with van der Waals surface area (Å²) in [6.45, 7) is 0.671. The molecule has 2 rings (SSSR count). The number of aromatic nitrogens is 1. The van der Waals surface area contributed by atoms with Crippen LogP contribution in [-0.4, -0.2) is 27.5 Å². The average Bonchev–Trinajstić information content (AvgIpc) is 2.89. The van der Waals surface area contributed by atoms with Crippen molar-refractivity contribution in [3.63, 3.8) is 0 Å². The lowest BCUT2D eigenvalue weighted by Gasteiger charge is -2.10. The molecule has 7 heteroatoms. The minimum absolute atomic E-state index is 0.142. The van der Waals surface area contributed by atoms with Gasteiger partial charge >= 0.3 is 5.69 Å². The fourth-order valence-electron chi connectivity index (χ4n) is 1.81. The van der Waals surface area contributed by atoms with Gasteiger partial charge in [0, 0.05) is 24.1 Å². The van der Waals surface area contributed by atoms with Gasteiger partial charge in [0.25, 0.3) is 0 Å². The number of nitrogens with one attached hydrogen (secondary N) is 1. The molecular formula is C11H12N4O2S. The molecule has 2 heterocycles. The van der Waals surface area contributed by atoms with Crippen LogP contribution in [0, 0.1) is 21.4 Å². The van der Waals surface area contributed by atoms with Crippen LogP contribution in [0.1, 0.15) is 18.4 Å². The molecule has 1 unspecified atom stereocenters. The van der Waals surface area contributed by atoms with Gasteiger partial charge in [-0.25, -0.2) is 4.98 Å². The highest BCUT2D eigenvalue weighted by Gasteiger charge is 2.19. The number of pyridine rings is 1. The van der Waals surface area contributed by atoms with Gasteiger partial charge in [0.2, 0.25) is 5.82 Å². The summed E-state index contributed by atoms with van der Waals surface area (Å²) < 4.78 is 0. The summed E-state index contributed by atoms with van der Waals surface area (Å²) in [6, 6.07) is 3.09. The van der Waals surface area contributed by atoms with E-state index in [4.69, 9.17) is 5.26 Å². The minimum atomic E-state index is -0.516. The molecule has 0 saturated carbocycles. The SMILES string of the molecule is N#Cc1cnc(NCC2CCCS2)c([N+](=O)[O-])c1. The first-order valence-corrected chi connectivity index (χ1v) is 6.65. The Bertz CT molecular complexity index is 494. The number of nitro groups is 1. The van der Waals surface area contributed by atoms with Gasteiger partial charge in [-0.15, -0.1) is 0 Å². The molecule has 1 aliphatic heterocycles. The van der Waals surface area contributed by atoms with Crippen LogP contribution in [0.5, 0.6) is 0 Å². The van der Waals surface area contributed by atoms with Gasteiger partial charge in [-0.3, -0.25) is 10.1 Å². The fraction of sp³-hybridized carbons (Fsp3) is 0.455. The number of anilines is 1. The molecule has 0 radical (unpaired) electrons. The number of nitriles is 1. The predicted molar refractivity (Wildman–Crippen MR) is 69.6 cm³/mol. The first-order valence-electron chi connectivity index (χ1n) is 5.60. The monoisotopic (exact) mass is 264 g/mol. The molecule has 1 N–H and O–H groups in total. The van der Waals surface area contributed by atoms with Crippen molar-refractivity contribution >= 4 is 23.3 Å². The van der Waals surface area contributed by atoms with Crippen molar-refractivity contribution in [3.05, 3.63) is 27.9 Å². The minimum Gasteiger partial charge on any atom is -0.363 e. The van der Waals surface area contributed by atoms with Gasteiger partial charge in [0.1, 0.15) is 6.07 Å². The maximum Gasteiger partial charge on any atom is 0.312 e. The van der Waals surface area contributed by atoms with E-state index in [2.05, 4.69) is 10.3 Å². The van der Waals surface area contributed by atoms with Crippen LogP contribution in [0.15, 0.2) is 12.3 Å². The van der Waals surface area contributed by atoms with Gasteiger partial charge in [-0.2, -0.15) is 17.0 Å². The van der Waals surface area contributed by atoms with Crippen molar-refractivity contribution in [2.45, 2.75) is 18.1 Å². The smallest absolute Gasteiger partial charge is 0.312 e. The molecule has 94 valence electrons. The summed E-state index contributed by atoms with van der Waals surface area (Å²) in [5.41, 5.74) is 0.0551. The second kappa shape index (κ2) is 5.69. The summed E-state index contributed by atoms with van der Waals surface area (Å²) >= 11 is 1.87. The van der Waals surface area contributed by atoms with Crippen molar-refractivity contribution in [2.75, 3.05) is 17.6 Å². The van der Waals surface area contributed by atoms with E-state index in [1.54, 1.807) is 0 Å². The zero-order chi connectivity index (χ0) is 13.0. The Morgan fingerprint density at radius 2 is 2.56 bits per heavy atom. The lowest BCUT2D eigenvalue weighted by atomic mass is 10.2. The molecule has 0 bridgehead atoms. The van der Waals surface area contributed by atoms with Crippen molar-refractivity contribution < 1.29 is 4.92 Å². The second-order valence-corrected chi connectivity index (χ2v) is 5.38. The molecule has 1 fully saturated rings. The molecule has 0 aromatic carbocycles. The van der Waals surface area contributed by atoms with E-state index in [0.29, 0.717) is 11.8 Å². The van der Waals surface area contributed by atoms with Crippen LogP contribution in [0.4, 0.5) is 11.5 Å². The van der Waals surface area contributed by atoms with E-state index in [-0.39, 0.29) is 17.1 Å². The predicted octanol–water partition coefficient (Wildman–Crippen LogP) is 2.17. The van der Waals surface area contributed by atoms with Gasteiger partial charge in [0.05, 0.1) is 10.5 Å². The molecule has 0 spiro atoms. The zero-order valence-electron chi connectivity index (χ0n) is 9.63. The van der Waals surface area contributed by atoms with E-state index in [1.165, 1.54) is 18.7 Å². The molecule has 0 amide bonds. The highest BCUT2D eigenvalue weighted by atomic mass is 32.2. The first-order chi connectivity index (χ1) is 8.70. The Balaban J connectivity index is 2.11. The van der Waals surface area contributed by atoms with Gasteiger partial charge in [0.15, 0.2) is 0 Å². The van der Waals surface area contributed by atoms with Crippen molar-refractivity contribution in [2.24, 2.45) is 0 Å². The van der Waals surface area contributed by atoms with E-state index < -0.39 is 4.92 Å². The Kier molecular flexibility index (Phi) is 3.99. The van der Waals surface area contributed by atoms with Crippen molar-refractivity contribution in [3.8, 4) is 6.07 Å². The maximum absolute atomic E-state index is 10.9. The fourth-order valence-corrected chi connectivity index (χ4v) is 3.01. The second-order valence-electron chi connectivity index (χ2n) is 3.98.